The topological polar surface area (TPSA) is 96.1 Å². The van der Waals surface area contributed by atoms with Crippen molar-refractivity contribution in [3.63, 3.8) is 0 Å². The van der Waals surface area contributed by atoms with E-state index in [1.165, 1.54) is 32.3 Å². The Bertz CT molecular complexity index is 1600. The van der Waals surface area contributed by atoms with Crippen LogP contribution < -0.4 is 11.1 Å². The summed E-state index contributed by atoms with van der Waals surface area (Å²) in [4.78, 5) is 37.6. The van der Waals surface area contributed by atoms with Gasteiger partial charge in [0.2, 0.25) is 0 Å². The van der Waals surface area contributed by atoms with Crippen LogP contribution in [0.3, 0.4) is 0 Å². The van der Waals surface area contributed by atoms with Gasteiger partial charge in [-0.1, -0.05) is 39.0 Å². The summed E-state index contributed by atoms with van der Waals surface area (Å²) in [6, 6.07) is 11.2. The van der Waals surface area contributed by atoms with E-state index in [9.17, 15) is 14.4 Å². The Morgan fingerprint density at radius 1 is 1.11 bits per heavy atom. The number of hydrogen-bond acceptors (Lipinski definition) is 6. The monoisotopic (exact) mass is 554 g/mol. The first kappa shape index (κ1) is 25.4. The minimum absolute atomic E-state index is 0.0974. The summed E-state index contributed by atoms with van der Waals surface area (Å²) in [5.41, 5.74) is 0.313. The number of benzene rings is 2. The van der Waals surface area contributed by atoms with Crippen LogP contribution in [0.4, 0.5) is 4.39 Å². The summed E-state index contributed by atoms with van der Waals surface area (Å²) in [6.45, 7) is 7.12. The van der Waals surface area contributed by atoms with Crippen LogP contribution >= 0.6 is 15.9 Å². The van der Waals surface area contributed by atoms with Gasteiger partial charge in [0, 0.05) is 24.9 Å². The SMILES string of the molecule is CC(=O)OC(c1cc(Br)c(=O)n(C)n1)c1ccccc1-n1ncc2cc(C(C)(C)C)cc(F)c2c1=O. The van der Waals surface area contributed by atoms with Gasteiger partial charge in [-0.25, -0.2) is 9.07 Å². The lowest BCUT2D eigenvalue weighted by Crippen LogP contribution is -2.26. The van der Waals surface area contributed by atoms with E-state index < -0.39 is 23.4 Å². The van der Waals surface area contributed by atoms with E-state index in [2.05, 4.69) is 26.1 Å². The van der Waals surface area contributed by atoms with E-state index in [4.69, 9.17) is 4.74 Å². The summed E-state index contributed by atoms with van der Waals surface area (Å²) in [6.07, 6.45) is 0.368. The molecular formula is C26H24BrFN4O4. The lowest BCUT2D eigenvalue weighted by molar-refractivity contribution is -0.145. The van der Waals surface area contributed by atoms with Crippen LogP contribution in [0.1, 0.15) is 50.6 Å². The second-order valence-corrected chi connectivity index (χ2v) is 10.3. The number of hydrogen-bond donors (Lipinski definition) is 0. The fraction of sp³-hybridized carbons (Fsp3) is 0.269. The Labute approximate surface area is 214 Å². The summed E-state index contributed by atoms with van der Waals surface area (Å²) < 4.78 is 23.2. The van der Waals surface area contributed by atoms with Crippen molar-refractivity contribution in [3.8, 4) is 5.69 Å². The van der Waals surface area contributed by atoms with Crippen molar-refractivity contribution in [2.75, 3.05) is 0 Å². The summed E-state index contributed by atoms with van der Waals surface area (Å²) >= 11 is 3.21. The van der Waals surface area contributed by atoms with Crippen molar-refractivity contribution in [3.05, 3.63) is 96.5 Å². The molecule has 0 radical (unpaired) electrons. The Kier molecular flexibility index (Phi) is 6.66. The van der Waals surface area contributed by atoms with Crippen LogP contribution in [0.5, 0.6) is 0 Å². The molecule has 36 heavy (non-hydrogen) atoms. The third kappa shape index (κ3) is 4.73. The van der Waals surface area contributed by atoms with Gasteiger partial charge < -0.3 is 4.74 Å². The summed E-state index contributed by atoms with van der Waals surface area (Å²) in [7, 11) is 1.47. The van der Waals surface area contributed by atoms with E-state index in [1.807, 2.05) is 20.8 Å². The number of para-hydroxylation sites is 1. The van der Waals surface area contributed by atoms with E-state index in [-0.39, 0.29) is 32.2 Å². The van der Waals surface area contributed by atoms with Gasteiger partial charge >= 0.3 is 5.97 Å². The van der Waals surface area contributed by atoms with Gasteiger partial charge in [-0.15, -0.1) is 0 Å². The van der Waals surface area contributed by atoms with Crippen LogP contribution in [0, 0.1) is 5.82 Å². The molecule has 1 unspecified atom stereocenters. The maximum Gasteiger partial charge on any atom is 0.303 e. The highest BCUT2D eigenvalue weighted by atomic mass is 79.9. The third-order valence-corrected chi connectivity index (χ3v) is 6.31. The Morgan fingerprint density at radius 3 is 2.44 bits per heavy atom. The molecule has 0 aliphatic heterocycles. The molecule has 4 rings (SSSR count). The lowest BCUT2D eigenvalue weighted by Gasteiger charge is -2.21. The molecule has 0 amide bonds. The Hall–Kier alpha value is -3.66. The minimum atomic E-state index is -1.07. The highest BCUT2D eigenvalue weighted by Gasteiger charge is 2.26. The standard InChI is InChI=1S/C26H24BrFN4O4/c1-14(33)36-23(20-12-18(27)24(34)31(5)30-20)17-8-6-7-9-21(17)32-25(35)22-15(13-29-32)10-16(11-19(22)28)26(2,3)4/h6-13,23H,1-5H3. The predicted octanol–water partition coefficient (Wildman–Crippen LogP) is 4.33. The van der Waals surface area contributed by atoms with Crippen LogP contribution in [-0.4, -0.2) is 25.5 Å². The molecule has 10 heteroatoms. The van der Waals surface area contributed by atoms with Crippen molar-refractivity contribution in [1.29, 1.82) is 0 Å². The minimum Gasteiger partial charge on any atom is -0.451 e. The van der Waals surface area contributed by atoms with Crippen LogP contribution in [-0.2, 0) is 22.0 Å². The molecule has 0 aliphatic rings. The molecule has 2 aromatic carbocycles. The van der Waals surface area contributed by atoms with E-state index in [0.29, 0.717) is 10.9 Å². The molecular weight excluding hydrogens is 531 g/mol. The number of halogens is 2. The van der Waals surface area contributed by atoms with Gasteiger partial charge in [-0.2, -0.15) is 14.9 Å². The van der Waals surface area contributed by atoms with E-state index in [0.717, 1.165) is 14.9 Å². The molecule has 186 valence electrons. The van der Waals surface area contributed by atoms with Gasteiger partial charge in [-0.05, 0) is 51.2 Å². The maximum absolute atomic E-state index is 15.2. The van der Waals surface area contributed by atoms with Gasteiger partial charge in [0.15, 0.2) is 6.10 Å². The number of esters is 1. The molecule has 1 atom stereocenters. The molecule has 4 aromatic rings. The van der Waals surface area contributed by atoms with Crippen molar-refractivity contribution in [2.24, 2.45) is 7.05 Å². The number of nitrogens with zero attached hydrogens (tertiary/aromatic N) is 4. The second-order valence-electron chi connectivity index (χ2n) is 9.43. The zero-order valence-corrected chi connectivity index (χ0v) is 22.0. The van der Waals surface area contributed by atoms with Gasteiger partial charge in [0.25, 0.3) is 11.1 Å². The highest BCUT2D eigenvalue weighted by Crippen LogP contribution is 2.31. The zero-order valence-electron chi connectivity index (χ0n) is 20.4. The number of carbonyl (C=O) groups is 1. The number of carbonyl (C=O) groups excluding carboxylic acids is 1. The number of fused-ring (bicyclic) bond motifs is 1. The van der Waals surface area contributed by atoms with Crippen molar-refractivity contribution < 1.29 is 13.9 Å². The van der Waals surface area contributed by atoms with Gasteiger partial charge in [0.1, 0.15) is 11.5 Å². The molecule has 8 nitrogen and oxygen atoms in total. The number of aryl methyl sites for hydroxylation is 1. The molecule has 2 heterocycles. The average molecular weight is 555 g/mol. The predicted molar refractivity (Wildman–Crippen MR) is 137 cm³/mol. The fourth-order valence-corrected chi connectivity index (χ4v) is 4.40. The number of aromatic nitrogens is 4. The second kappa shape index (κ2) is 9.42. The lowest BCUT2D eigenvalue weighted by atomic mass is 9.86. The first-order valence-corrected chi connectivity index (χ1v) is 11.9. The normalized spacial score (nSPS) is 12.5. The highest BCUT2D eigenvalue weighted by molar-refractivity contribution is 9.10. The molecule has 0 N–H and O–H groups in total. The molecule has 2 aromatic heterocycles. The summed E-state index contributed by atoms with van der Waals surface area (Å²) in [5.74, 6) is -1.24. The molecule has 0 saturated heterocycles. The Morgan fingerprint density at radius 2 is 1.81 bits per heavy atom. The van der Waals surface area contributed by atoms with E-state index in [1.54, 1.807) is 30.3 Å². The zero-order chi connectivity index (χ0) is 26.4. The molecule has 0 saturated carbocycles. The van der Waals surface area contributed by atoms with Gasteiger partial charge in [0.05, 0.1) is 21.7 Å². The largest absolute Gasteiger partial charge is 0.451 e. The Balaban J connectivity index is 1.96. The third-order valence-electron chi connectivity index (χ3n) is 5.74. The van der Waals surface area contributed by atoms with Crippen LogP contribution in [0.2, 0.25) is 0 Å². The molecule has 0 spiro atoms. The average Bonchev–Trinajstić information content (AvgIpc) is 2.80. The van der Waals surface area contributed by atoms with Crippen LogP contribution in [0.25, 0.3) is 16.5 Å². The quantitative estimate of drug-likeness (QED) is 0.348. The smallest absolute Gasteiger partial charge is 0.303 e. The first-order valence-electron chi connectivity index (χ1n) is 11.1. The summed E-state index contributed by atoms with van der Waals surface area (Å²) in [5, 5.41) is 8.86. The van der Waals surface area contributed by atoms with Crippen LogP contribution in [0.15, 0.2) is 62.7 Å². The van der Waals surface area contributed by atoms with Crippen molar-refractivity contribution >= 4 is 32.7 Å². The molecule has 0 aliphatic carbocycles. The number of rotatable bonds is 4. The maximum atomic E-state index is 15.2. The molecule has 0 fully saturated rings. The fourth-order valence-electron chi connectivity index (χ4n) is 3.91. The number of ether oxygens (including phenoxy) is 1. The van der Waals surface area contributed by atoms with Gasteiger partial charge in [-0.3, -0.25) is 14.4 Å². The van der Waals surface area contributed by atoms with Crippen molar-refractivity contribution in [1.82, 2.24) is 19.6 Å². The first-order chi connectivity index (χ1) is 16.9. The van der Waals surface area contributed by atoms with E-state index >= 15 is 4.39 Å². The van der Waals surface area contributed by atoms with Crippen molar-refractivity contribution in [2.45, 2.75) is 39.2 Å². The molecule has 0 bridgehead atoms.